The first-order chi connectivity index (χ1) is 16.7. The average Bonchev–Trinajstić information content (AvgIpc) is 2.83. The largest absolute Gasteiger partial charge is 0.497 e. The van der Waals surface area contributed by atoms with E-state index in [4.69, 9.17) is 9.47 Å². The maximum Gasteiger partial charge on any atom is 0.308 e. The van der Waals surface area contributed by atoms with Crippen LogP contribution in [0.5, 0.6) is 5.75 Å². The summed E-state index contributed by atoms with van der Waals surface area (Å²) in [5, 5.41) is 2.78. The average molecular weight is 482 g/mol. The van der Waals surface area contributed by atoms with Crippen LogP contribution >= 0.6 is 0 Å². The molecule has 2 unspecified atom stereocenters. The van der Waals surface area contributed by atoms with Crippen LogP contribution in [0.4, 0.5) is 0 Å². The smallest absolute Gasteiger partial charge is 0.308 e. The summed E-state index contributed by atoms with van der Waals surface area (Å²) in [4.78, 5) is 36.0. The fraction of sp³-hybridized carbons (Fsp3) is 0.483. The topological polar surface area (TPSA) is 81.7 Å². The van der Waals surface area contributed by atoms with Crippen molar-refractivity contribution in [1.29, 1.82) is 0 Å². The lowest BCUT2D eigenvalue weighted by Gasteiger charge is -2.27. The van der Waals surface area contributed by atoms with Crippen molar-refractivity contribution in [3.05, 3.63) is 65.2 Å². The molecular formula is C29H39NO5. The normalized spacial score (nSPS) is 12.9. The number of amides is 1. The van der Waals surface area contributed by atoms with Crippen LogP contribution in [0.3, 0.4) is 0 Å². The minimum atomic E-state index is -0.543. The van der Waals surface area contributed by atoms with Crippen LogP contribution in [-0.4, -0.2) is 37.4 Å². The highest BCUT2D eigenvalue weighted by Crippen LogP contribution is 2.39. The van der Waals surface area contributed by atoms with Gasteiger partial charge >= 0.3 is 5.97 Å². The Hall–Kier alpha value is -3.15. The quantitative estimate of drug-likeness (QED) is 0.289. The van der Waals surface area contributed by atoms with Gasteiger partial charge in [-0.05, 0) is 74.4 Å². The van der Waals surface area contributed by atoms with Gasteiger partial charge in [-0.15, -0.1) is 0 Å². The van der Waals surface area contributed by atoms with Gasteiger partial charge in [0.1, 0.15) is 17.6 Å². The Balaban J connectivity index is 2.13. The number of nitrogens with one attached hydrogen (secondary N) is 1. The van der Waals surface area contributed by atoms with E-state index in [1.165, 1.54) is 0 Å². The predicted molar refractivity (Wildman–Crippen MR) is 138 cm³/mol. The maximum absolute atomic E-state index is 12.6. The van der Waals surface area contributed by atoms with Gasteiger partial charge in [0.2, 0.25) is 0 Å². The lowest BCUT2D eigenvalue weighted by atomic mass is 9.77. The Bertz CT molecular complexity index is 945. The number of carbonyl (C=O) groups excluding carboxylic acids is 3. The molecule has 0 aromatic heterocycles. The monoisotopic (exact) mass is 481 g/mol. The first kappa shape index (κ1) is 28.1. The lowest BCUT2D eigenvalue weighted by molar-refractivity contribution is -0.154. The molecule has 35 heavy (non-hydrogen) atoms. The number of unbranched alkanes of at least 4 members (excludes halogenated alkanes) is 1. The molecule has 6 heteroatoms. The molecule has 0 saturated heterocycles. The van der Waals surface area contributed by atoms with Crippen molar-refractivity contribution in [2.45, 2.75) is 77.2 Å². The Morgan fingerprint density at radius 3 is 2.11 bits per heavy atom. The Labute approximate surface area is 209 Å². The first-order valence-electron chi connectivity index (χ1n) is 12.4. The third kappa shape index (κ3) is 9.19. The van der Waals surface area contributed by atoms with Crippen molar-refractivity contribution in [2.75, 3.05) is 13.7 Å². The molecule has 2 aromatic carbocycles. The molecule has 1 amide bonds. The fourth-order valence-electron chi connectivity index (χ4n) is 4.17. The number of carbonyl (C=O) groups is 3. The highest BCUT2D eigenvalue weighted by molar-refractivity contribution is 5.94. The number of esters is 1. The molecule has 0 bridgehead atoms. The van der Waals surface area contributed by atoms with E-state index in [1.807, 2.05) is 69.3 Å². The molecule has 0 aliphatic rings. The third-order valence-corrected chi connectivity index (χ3v) is 5.88. The van der Waals surface area contributed by atoms with E-state index in [0.29, 0.717) is 12.0 Å². The van der Waals surface area contributed by atoms with Gasteiger partial charge in [0.15, 0.2) is 0 Å². The molecule has 0 aliphatic heterocycles. The van der Waals surface area contributed by atoms with Gasteiger partial charge < -0.3 is 19.6 Å². The summed E-state index contributed by atoms with van der Waals surface area (Å²) in [6.45, 7) is 7.81. The summed E-state index contributed by atoms with van der Waals surface area (Å²) in [6, 6.07) is 15.5. The van der Waals surface area contributed by atoms with Gasteiger partial charge in [-0.2, -0.15) is 0 Å². The second kappa shape index (κ2) is 13.7. The molecule has 0 fully saturated rings. The number of hydrogen-bond acceptors (Lipinski definition) is 5. The molecule has 0 heterocycles. The number of benzene rings is 2. The van der Waals surface area contributed by atoms with Crippen LogP contribution in [0.2, 0.25) is 0 Å². The molecule has 190 valence electrons. The molecule has 0 saturated carbocycles. The van der Waals surface area contributed by atoms with E-state index in [0.717, 1.165) is 42.4 Å². The Kier molecular flexibility index (Phi) is 11.0. The fourth-order valence-corrected chi connectivity index (χ4v) is 4.17. The minimum Gasteiger partial charge on any atom is -0.497 e. The van der Waals surface area contributed by atoms with Crippen molar-refractivity contribution in [3.63, 3.8) is 0 Å². The lowest BCUT2D eigenvalue weighted by Crippen LogP contribution is -2.29. The third-order valence-electron chi connectivity index (χ3n) is 5.88. The number of aldehydes is 1. The second-order valence-corrected chi connectivity index (χ2v) is 9.75. The van der Waals surface area contributed by atoms with Gasteiger partial charge in [0.05, 0.1) is 13.5 Å². The SMILES string of the molecule is CCCCC(c1ccc(C(=O)NCCC(=O)OC(C)(C)C)cc1)C(CC=O)c1ccc(OC)cc1. The van der Waals surface area contributed by atoms with Crippen LogP contribution in [0, 0.1) is 0 Å². The zero-order valence-electron chi connectivity index (χ0n) is 21.6. The number of hydrogen-bond donors (Lipinski definition) is 1. The molecule has 2 atom stereocenters. The summed E-state index contributed by atoms with van der Waals surface area (Å²) in [5.41, 5.74) is 2.19. The van der Waals surface area contributed by atoms with Gasteiger partial charge in [0.25, 0.3) is 5.91 Å². The highest BCUT2D eigenvalue weighted by Gasteiger charge is 2.25. The van der Waals surface area contributed by atoms with Crippen molar-refractivity contribution < 1.29 is 23.9 Å². The van der Waals surface area contributed by atoms with Crippen LogP contribution in [0.1, 0.15) is 93.1 Å². The standard InChI is InChI=1S/C29H39NO5/c1-6-7-8-25(26(18-20-31)22-13-15-24(34-5)16-14-22)21-9-11-23(12-10-21)28(33)30-19-17-27(32)35-29(2,3)4/h9-16,20,25-26H,6-8,17-19H2,1-5H3,(H,30,33). The van der Waals surface area contributed by atoms with Crippen molar-refractivity contribution >= 4 is 18.2 Å². The van der Waals surface area contributed by atoms with Gasteiger partial charge in [-0.3, -0.25) is 9.59 Å². The van der Waals surface area contributed by atoms with Crippen molar-refractivity contribution in [1.82, 2.24) is 5.32 Å². The number of methoxy groups -OCH3 is 1. The molecule has 0 radical (unpaired) electrons. The van der Waals surface area contributed by atoms with Gasteiger partial charge in [-0.25, -0.2) is 0 Å². The molecule has 6 nitrogen and oxygen atoms in total. The summed E-state index contributed by atoms with van der Waals surface area (Å²) < 4.78 is 10.6. The molecule has 2 aromatic rings. The van der Waals surface area contributed by atoms with E-state index in [-0.39, 0.29) is 36.7 Å². The van der Waals surface area contributed by atoms with E-state index < -0.39 is 5.60 Å². The number of rotatable bonds is 13. The van der Waals surface area contributed by atoms with E-state index >= 15 is 0 Å². The van der Waals surface area contributed by atoms with Crippen LogP contribution in [-0.2, 0) is 14.3 Å². The van der Waals surface area contributed by atoms with Crippen LogP contribution in [0.15, 0.2) is 48.5 Å². The molecule has 2 rings (SSSR count). The predicted octanol–water partition coefficient (Wildman–Crippen LogP) is 5.80. The van der Waals surface area contributed by atoms with Gasteiger partial charge in [0, 0.05) is 18.5 Å². The van der Waals surface area contributed by atoms with Crippen molar-refractivity contribution in [2.24, 2.45) is 0 Å². The van der Waals surface area contributed by atoms with E-state index in [1.54, 1.807) is 7.11 Å². The molecule has 1 N–H and O–H groups in total. The highest BCUT2D eigenvalue weighted by atomic mass is 16.6. The van der Waals surface area contributed by atoms with Gasteiger partial charge in [-0.1, -0.05) is 44.0 Å². The summed E-state index contributed by atoms with van der Waals surface area (Å²) in [6.07, 6.45) is 4.58. The van der Waals surface area contributed by atoms with Crippen LogP contribution < -0.4 is 10.1 Å². The zero-order valence-corrected chi connectivity index (χ0v) is 21.6. The Morgan fingerprint density at radius 1 is 0.971 bits per heavy atom. The second-order valence-electron chi connectivity index (χ2n) is 9.75. The maximum atomic E-state index is 12.6. The van der Waals surface area contributed by atoms with Crippen LogP contribution in [0.25, 0.3) is 0 Å². The summed E-state index contributed by atoms with van der Waals surface area (Å²) >= 11 is 0. The molecule has 0 spiro atoms. The zero-order chi connectivity index (χ0) is 25.8. The van der Waals surface area contributed by atoms with E-state index in [2.05, 4.69) is 12.2 Å². The first-order valence-corrected chi connectivity index (χ1v) is 12.4. The molecule has 0 aliphatic carbocycles. The summed E-state index contributed by atoms with van der Waals surface area (Å²) in [5.74, 6) is 0.401. The van der Waals surface area contributed by atoms with Crippen molar-refractivity contribution in [3.8, 4) is 5.75 Å². The Morgan fingerprint density at radius 2 is 1.57 bits per heavy atom. The molecular weight excluding hydrogens is 442 g/mol. The number of ether oxygens (including phenoxy) is 2. The minimum absolute atomic E-state index is 0.0402. The van der Waals surface area contributed by atoms with E-state index in [9.17, 15) is 14.4 Å². The summed E-state index contributed by atoms with van der Waals surface area (Å²) in [7, 11) is 1.64.